The predicted molar refractivity (Wildman–Crippen MR) is 148 cm³/mol. The zero-order valence-corrected chi connectivity index (χ0v) is 22.4. The van der Waals surface area contributed by atoms with E-state index in [1.807, 2.05) is 13.8 Å². The molecule has 3 atom stereocenters. The van der Waals surface area contributed by atoms with E-state index in [4.69, 9.17) is 22.9 Å². The summed E-state index contributed by atoms with van der Waals surface area (Å²) in [6.07, 6.45) is 1.13. The molecule has 3 amide bonds. The first-order valence-electron chi connectivity index (χ1n) is 12.7. The number of nitrogens with one attached hydrogen (secondary N) is 3. The summed E-state index contributed by atoms with van der Waals surface area (Å²) in [5.41, 5.74) is 21.7. The minimum absolute atomic E-state index is 0.0487. The van der Waals surface area contributed by atoms with E-state index in [9.17, 15) is 24.3 Å². The summed E-state index contributed by atoms with van der Waals surface area (Å²) in [5.74, 6) is -3.14. The lowest BCUT2D eigenvalue weighted by Crippen LogP contribution is -2.56. The van der Waals surface area contributed by atoms with Gasteiger partial charge >= 0.3 is 5.97 Å². The monoisotopic (exact) mass is 547 g/mol. The zero-order chi connectivity index (χ0) is 29.4. The molecular formula is C25H41N9O5. The molecule has 1 aromatic carbocycles. The fourth-order valence-electron chi connectivity index (χ4n) is 3.61. The van der Waals surface area contributed by atoms with Gasteiger partial charge in [0.05, 0.1) is 0 Å². The summed E-state index contributed by atoms with van der Waals surface area (Å²) < 4.78 is 0. The third-order valence-electron chi connectivity index (χ3n) is 5.50. The van der Waals surface area contributed by atoms with Crippen molar-refractivity contribution < 1.29 is 24.3 Å². The summed E-state index contributed by atoms with van der Waals surface area (Å²) in [6.45, 7) is 4.18. The maximum Gasteiger partial charge on any atom is 0.326 e. The molecule has 0 fully saturated rings. The van der Waals surface area contributed by atoms with E-state index < -0.39 is 41.8 Å². The number of nitrogens with zero attached hydrogens (tertiary/aromatic N) is 2. The number of amides is 3. The summed E-state index contributed by atoms with van der Waals surface area (Å²) in [7, 11) is 0. The molecule has 0 saturated heterocycles. The fourth-order valence-corrected chi connectivity index (χ4v) is 3.61. The molecule has 0 saturated carbocycles. The van der Waals surface area contributed by atoms with Crippen molar-refractivity contribution in [1.29, 1.82) is 0 Å². The smallest absolute Gasteiger partial charge is 0.326 e. The number of hydrogen-bond donors (Lipinski definition) is 8. The van der Waals surface area contributed by atoms with E-state index in [0.29, 0.717) is 24.8 Å². The summed E-state index contributed by atoms with van der Waals surface area (Å²) in [4.78, 5) is 58.5. The molecule has 0 bridgehead atoms. The van der Waals surface area contributed by atoms with Crippen molar-refractivity contribution in [3.05, 3.63) is 35.9 Å². The van der Waals surface area contributed by atoms with Crippen LogP contribution in [0, 0.1) is 5.92 Å². The molecule has 0 aliphatic heterocycles. The van der Waals surface area contributed by atoms with Crippen LogP contribution in [0.2, 0.25) is 0 Å². The number of carbonyl (C=O) groups excluding carboxylic acids is 3. The van der Waals surface area contributed by atoms with Gasteiger partial charge in [0.25, 0.3) is 5.91 Å². The summed E-state index contributed by atoms with van der Waals surface area (Å²) in [5, 5.41) is 17.5. The van der Waals surface area contributed by atoms with Crippen LogP contribution < -0.4 is 38.9 Å². The van der Waals surface area contributed by atoms with Crippen LogP contribution in [0.4, 0.5) is 0 Å². The van der Waals surface area contributed by atoms with E-state index in [0.717, 1.165) is 0 Å². The number of nitrogens with two attached hydrogens (primary N) is 4. The lowest BCUT2D eigenvalue weighted by atomic mass is 10.0. The molecule has 39 heavy (non-hydrogen) atoms. The number of aliphatic imine (C=N–C) groups is 2. The van der Waals surface area contributed by atoms with Gasteiger partial charge in [-0.2, -0.15) is 0 Å². The minimum atomic E-state index is -1.24. The number of benzene rings is 1. The number of carboxylic acids is 1. The molecule has 1 aromatic rings. The molecular weight excluding hydrogens is 506 g/mol. The third-order valence-corrected chi connectivity index (χ3v) is 5.50. The fraction of sp³-hybridized carbons (Fsp3) is 0.520. The van der Waals surface area contributed by atoms with E-state index in [1.165, 1.54) is 0 Å². The van der Waals surface area contributed by atoms with Gasteiger partial charge in [-0.3, -0.25) is 24.4 Å². The van der Waals surface area contributed by atoms with Gasteiger partial charge in [-0.15, -0.1) is 0 Å². The van der Waals surface area contributed by atoms with Gasteiger partial charge in [0.15, 0.2) is 11.9 Å². The third kappa shape index (κ3) is 13.7. The van der Waals surface area contributed by atoms with Crippen LogP contribution in [-0.4, -0.2) is 71.9 Å². The molecule has 0 aliphatic carbocycles. The van der Waals surface area contributed by atoms with Gasteiger partial charge in [0.1, 0.15) is 18.1 Å². The standard InChI is InChI=1S/C25H41N9O5/c1-15(2)14-19(34-20(35)16-8-4-3-5-9-16)22(37)32-17(10-6-12-30-24(26)27)21(36)33-18(23(38)39)11-7-13-31-25(28)29/h3-5,8-9,15,17-19H,6-7,10-14H2,1-2H3,(H,32,37)(H,33,36)(H,34,35)(H,38,39)(H4,26,27,30)(H4,28,29,31)/t17-,18-,19-/m0/s1. The second-order valence-corrected chi connectivity index (χ2v) is 9.38. The number of hydrogen-bond acceptors (Lipinski definition) is 6. The summed E-state index contributed by atoms with van der Waals surface area (Å²) in [6, 6.07) is 5.17. The van der Waals surface area contributed by atoms with Crippen molar-refractivity contribution in [3.8, 4) is 0 Å². The number of carboxylic acid groups (broad SMARTS) is 1. The molecule has 216 valence electrons. The van der Waals surface area contributed by atoms with Crippen molar-refractivity contribution in [1.82, 2.24) is 16.0 Å². The minimum Gasteiger partial charge on any atom is -0.480 e. The van der Waals surface area contributed by atoms with E-state index in [1.54, 1.807) is 30.3 Å². The van der Waals surface area contributed by atoms with Crippen molar-refractivity contribution >= 4 is 35.6 Å². The Balaban J connectivity index is 3.02. The van der Waals surface area contributed by atoms with Crippen LogP contribution in [0.3, 0.4) is 0 Å². The maximum absolute atomic E-state index is 13.3. The quantitative estimate of drug-likeness (QED) is 0.0674. The molecule has 0 radical (unpaired) electrons. The first-order chi connectivity index (χ1) is 18.4. The van der Waals surface area contributed by atoms with Crippen LogP contribution in [0.25, 0.3) is 0 Å². The van der Waals surface area contributed by atoms with Crippen molar-refractivity contribution in [2.75, 3.05) is 13.1 Å². The molecule has 1 rings (SSSR count). The summed E-state index contributed by atoms with van der Waals surface area (Å²) >= 11 is 0. The van der Waals surface area contributed by atoms with Crippen molar-refractivity contribution in [2.24, 2.45) is 38.8 Å². The van der Waals surface area contributed by atoms with Gasteiger partial charge in [-0.1, -0.05) is 32.0 Å². The lowest BCUT2D eigenvalue weighted by molar-refractivity contribution is -0.142. The predicted octanol–water partition coefficient (Wildman–Crippen LogP) is -1.01. The van der Waals surface area contributed by atoms with Gasteiger partial charge in [0, 0.05) is 18.7 Å². The number of rotatable bonds is 17. The highest BCUT2D eigenvalue weighted by atomic mass is 16.4. The molecule has 0 heterocycles. The lowest BCUT2D eigenvalue weighted by Gasteiger charge is -2.25. The molecule has 12 N–H and O–H groups in total. The van der Waals surface area contributed by atoms with Gasteiger partial charge in [-0.25, -0.2) is 4.79 Å². The Kier molecular flexibility index (Phi) is 14.4. The van der Waals surface area contributed by atoms with Crippen LogP contribution in [0.15, 0.2) is 40.3 Å². The van der Waals surface area contributed by atoms with E-state index in [2.05, 4.69) is 25.9 Å². The Morgan fingerprint density at radius 3 is 1.74 bits per heavy atom. The molecule has 14 nitrogen and oxygen atoms in total. The Hall–Kier alpha value is -4.36. The van der Waals surface area contributed by atoms with Crippen molar-refractivity contribution in [3.63, 3.8) is 0 Å². The molecule has 0 spiro atoms. The average Bonchev–Trinajstić information content (AvgIpc) is 2.86. The average molecular weight is 548 g/mol. The van der Waals surface area contributed by atoms with Gasteiger partial charge < -0.3 is 44.0 Å². The van der Waals surface area contributed by atoms with Gasteiger partial charge in [0.2, 0.25) is 11.8 Å². The first-order valence-corrected chi connectivity index (χ1v) is 12.7. The molecule has 0 aromatic heterocycles. The van der Waals surface area contributed by atoms with Crippen LogP contribution >= 0.6 is 0 Å². The highest BCUT2D eigenvalue weighted by molar-refractivity contribution is 5.98. The number of guanidine groups is 2. The van der Waals surface area contributed by atoms with E-state index in [-0.39, 0.29) is 43.8 Å². The molecule has 0 unspecified atom stereocenters. The maximum atomic E-state index is 13.3. The largest absolute Gasteiger partial charge is 0.480 e. The van der Waals surface area contributed by atoms with Crippen LogP contribution in [-0.2, 0) is 14.4 Å². The van der Waals surface area contributed by atoms with Gasteiger partial charge in [-0.05, 0) is 50.2 Å². The number of carbonyl (C=O) groups is 4. The molecule has 0 aliphatic rings. The highest BCUT2D eigenvalue weighted by Crippen LogP contribution is 2.09. The van der Waals surface area contributed by atoms with Crippen molar-refractivity contribution in [2.45, 2.75) is 64.1 Å². The SMILES string of the molecule is CC(C)C[C@H](NC(=O)c1ccccc1)C(=O)N[C@@H](CCCN=C(N)N)C(=O)N[C@@H](CCCN=C(N)N)C(=O)O. The zero-order valence-electron chi connectivity index (χ0n) is 22.4. The van der Waals surface area contributed by atoms with Crippen LogP contribution in [0.5, 0.6) is 0 Å². The van der Waals surface area contributed by atoms with Crippen LogP contribution in [0.1, 0.15) is 56.3 Å². The Morgan fingerprint density at radius 1 is 0.769 bits per heavy atom. The Morgan fingerprint density at radius 2 is 1.26 bits per heavy atom. The molecule has 14 heteroatoms. The normalized spacial score (nSPS) is 12.9. The van der Waals surface area contributed by atoms with E-state index >= 15 is 0 Å². The number of aliphatic carboxylic acids is 1. The topological polar surface area (TPSA) is 253 Å². The highest BCUT2D eigenvalue weighted by Gasteiger charge is 2.29. The Bertz CT molecular complexity index is 1010. The Labute approximate surface area is 228 Å². The second kappa shape index (κ2) is 17.2. The first kappa shape index (κ1) is 32.7. The second-order valence-electron chi connectivity index (χ2n) is 9.38.